The molecular formula is C20H28N2O7. The summed E-state index contributed by atoms with van der Waals surface area (Å²) in [6.07, 6.45) is 4.73. The zero-order chi connectivity index (χ0) is 22.2. The molecular weight excluding hydrogens is 380 g/mol. The Hall–Kier alpha value is -3.07. The van der Waals surface area contributed by atoms with Gasteiger partial charge in [0.25, 0.3) is 5.91 Å². The minimum Gasteiger partial charge on any atom is -0.504 e. The van der Waals surface area contributed by atoms with Crippen LogP contribution in [-0.4, -0.2) is 43.8 Å². The normalized spacial score (nSPS) is 15.4. The molecule has 0 aliphatic carbocycles. The van der Waals surface area contributed by atoms with Crippen LogP contribution in [-0.2, 0) is 20.8 Å². The van der Waals surface area contributed by atoms with Crippen molar-refractivity contribution in [3.63, 3.8) is 0 Å². The van der Waals surface area contributed by atoms with Crippen molar-refractivity contribution in [1.82, 2.24) is 10.9 Å². The van der Waals surface area contributed by atoms with Crippen molar-refractivity contribution < 1.29 is 34.8 Å². The van der Waals surface area contributed by atoms with Crippen LogP contribution in [0.2, 0.25) is 0 Å². The van der Waals surface area contributed by atoms with Gasteiger partial charge >= 0.3 is 11.9 Å². The second-order valence-corrected chi connectivity index (χ2v) is 7.27. The highest BCUT2D eigenvalue weighted by Crippen LogP contribution is 2.27. The Bertz CT molecular complexity index is 793. The van der Waals surface area contributed by atoms with Crippen molar-refractivity contribution in [3.05, 3.63) is 35.9 Å². The predicted molar refractivity (Wildman–Crippen MR) is 105 cm³/mol. The number of nitrogens with one attached hydrogen (secondary N) is 2. The van der Waals surface area contributed by atoms with Crippen LogP contribution < -0.4 is 10.9 Å². The first-order valence-electron chi connectivity index (χ1n) is 9.16. The number of carboxylic acid groups (broad SMARTS) is 2. The van der Waals surface area contributed by atoms with Gasteiger partial charge < -0.3 is 20.4 Å². The Morgan fingerprint density at radius 1 is 1.03 bits per heavy atom. The van der Waals surface area contributed by atoms with E-state index in [0.717, 1.165) is 6.42 Å². The Labute approximate surface area is 169 Å². The van der Waals surface area contributed by atoms with Crippen LogP contribution in [0.15, 0.2) is 30.4 Å². The van der Waals surface area contributed by atoms with Crippen LogP contribution in [0.5, 0.6) is 11.5 Å². The summed E-state index contributed by atoms with van der Waals surface area (Å²) in [6, 6.07) is 3.86. The SMILES string of the molecule is CC/C=C/CC[C@@](C)(C(=O)O)C(=O)NNC(C)(Cc1ccc(O)c(O)c1)C(=O)O. The molecule has 0 heterocycles. The Morgan fingerprint density at radius 3 is 2.21 bits per heavy atom. The quantitative estimate of drug-likeness (QED) is 0.140. The standard InChI is InChI=1S/C20H28N2O7/c1-4-5-6-7-10-19(2,17(26)27)16(25)21-22-20(3,18(28)29)12-13-8-9-14(23)15(24)11-13/h5-6,8-9,11,22-24H,4,7,10,12H2,1-3H3,(H,21,25)(H,26,27)(H,28,29)/b6-5+/t19-,20?/m1/s1. The van der Waals surface area contributed by atoms with Gasteiger partial charge in [-0.25, -0.2) is 5.43 Å². The van der Waals surface area contributed by atoms with Gasteiger partial charge in [-0.2, -0.15) is 0 Å². The molecule has 0 fully saturated rings. The van der Waals surface area contributed by atoms with E-state index in [4.69, 9.17) is 0 Å². The molecule has 0 radical (unpaired) electrons. The minimum atomic E-state index is -1.75. The largest absolute Gasteiger partial charge is 0.504 e. The maximum atomic E-state index is 12.5. The van der Waals surface area contributed by atoms with Crippen LogP contribution in [0.1, 0.15) is 45.6 Å². The third-order valence-electron chi connectivity index (χ3n) is 4.71. The zero-order valence-corrected chi connectivity index (χ0v) is 16.7. The second-order valence-electron chi connectivity index (χ2n) is 7.27. The Kier molecular flexibility index (Phi) is 8.20. The summed E-state index contributed by atoms with van der Waals surface area (Å²) in [4.78, 5) is 36.0. The number of rotatable bonds is 11. The molecule has 6 N–H and O–H groups in total. The molecule has 29 heavy (non-hydrogen) atoms. The molecule has 1 aromatic carbocycles. The summed E-state index contributed by atoms with van der Waals surface area (Å²) in [5.74, 6) is -4.23. The molecule has 0 saturated carbocycles. The monoisotopic (exact) mass is 408 g/mol. The van der Waals surface area contributed by atoms with Gasteiger partial charge in [0, 0.05) is 6.42 Å². The van der Waals surface area contributed by atoms with Crippen molar-refractivity contribution in [2.75, 3.05) is 0 Å². The summed E-state index contributed by atoms with van der Waals surface area (Å²) < 4.78 is 0. The molecule has 1 unspecified atom stereocenters. The number of phenolic OH excluding ortho intramolecular Hbond substituents is 2. The van der Waals surface area contributed by atoms with Crippen molar-refractivity contribution >= 4 is 17.8 Å². The van der Waals surface area contributed by atoms with Gasteiger partial charge in [0.1, 0.15) is 11.0 Å². The highest BCUT2D eigenvalue weighted by atomic mass is 16.4. The van der Waals surface area contributed by atoms with E-state index in [1.807, 2.05) is 13.0 Å². The van der Waals surface area contributed by atoms with E-state index in [1.54, 1.807) is 6.08 Å². The lowest BCUT2D eigenvalue weighted by atomic mass is 9.84. The van der Waals surface area contributed by atoms with Crippen molar-refractivity contribution in [1.29, 1.82) is 0 Å². The molecule has 0 saturated heterocycles. The van der Waals surface area contributed by atoms with Crippen LogP contribution in [0.25, 0.3) is 0 Å². The molecule has 160 valence electrons. The van der Waals surface area contributed by atoms with E-state index in [-0.39, 0.29) is 18.6 Å². The maximum absolute atomic E-state index is 12.5. The van der Waals surface area contributed by atoms with Gasteiger partial charge in [-0.3, -0.25) is 19.8 Å². The van der Waals surface area contributed by atoms with E-state index < -0.39 is 34.5 Å². The maximum Gasteiger partial charge on any atom is 0.325 e. The first-order chi connectivity index (χ1) is 13.5. The molecule has 0 aliphatic heterocycles. The number of amides is 1. The zero-order valence-electron chi connectivity index (χ0n) is 16.7. The smallest absolute Gasteiger partial charge is 0.325 e. The van der Waals surface area contributed by atoms with Crippen LogP contribution in [0.4, 0.5) is 0 Å². The topological polar surface area (TPSA) is 156 Å². The lowest BCUT2D eigenvalue weighted by Gasteiger charge is -2.30. The van der Waals surface area contributed by atoms with Gasteiger partial charge in [0.05, 0.1) is 0 Å². The van der Waals surface area contributed by atoms with Crippen molar-refractivity contribution in [3.8, 4) is 11.5 Å². The van der Waals surface area contributed by atoms with Crippen LogP contribution in [0, 0.1) is 5.41 Å². The van der Waals surface area contributed by atoms with Gasteiger partial charge in [-0.1, -0.05) is 25.1 Å². The average Bonchev–Trinajstić information content (AvgIpc) is 2.65. The summed E-state index contributed by atoms with van der Waals surface area (Å²) in [5, 5.41) is 38.1. The lowest BCUT2D eigenvalue weighted by molar-refractivity contribution is -0.156. The number of carbonyl (C=O) groups excluding carboxylic acids is 1. The number of phenols is 2. The highest BCUT2D eigenvalue weighted by molar-refractivity contribution is 6.01. The van der Waals surface area contributed by atoms with E-state index >= 15 is 0 Å². The van der Waals surface area contributed by atoms with Gasteiger partial charge in [-0.15, -0.1) is 0 Å². The fourth-order valence-corrected chi connectivity index (χ4v) is 2.57. The lowest BCUT2D eigenvalue weighted by Crippen LogP contribution is -2.61. The molecule has 0 aliphatic rings. The molecule has 2 atom stereocenters. The molecule has 1 rings (SSSR count). The molecule has 9 heteroatoms. The molecule has 0 spiro atoms. The van der Waals surface area contributed by atoms with Crippen LogP contribution in [0.3, 0.4) is 0 Å². The average molecular weight is 408 g/mol. The summed E-state index contributed by atoms with van der Waals surface area (Å²) in [5.41, 5.74) is 1.59. The third-order valence-corrected chi connectivity index (χ3v) is 4.71. The van der Waals surface area contributed by atoms with Crippen LogP contribution >= 0.6 is 0 Å². The number of allylic oxidation sites excluding steroid dienone is 2. The number of benzene rings is 1. The Balaban J connectivity index is 2.93. The fraction of sp³-hybridized carbons (Fsp3) is 0.450. The van der Waals surface area contributed by atoms with E-state index in [1.165, 1.54) is 32.0 Å². The molecule has 9 nitrogen and oxygen atoms in total. The summed E-state index contributed by atoms with van der Waals surface area (Å²) in [6.45, 7) is 4.52. The number of aliphatic carboxylic acids is 2. The Morgan fingerprint density at radius 2 is 1.69 bits per heavy atom. The second kappa shape index (κ2) is 9.92. The number of hydrazine groups is 1. The van der Waals surface area contributed by atoms with E-state index in [0.29, 0.717) is 12.0 Å². The van der Waals surface area contributed by atoms with Crippen molar-refractivity contribution in [2.24, 2.45) is 5.41 Å². The fourth-order valence-electron chi connectivity index (χ4n) is 2.57. The molecule has 0 aromatic heterocycles. The first-order valence-corrected chi connectivity index (χ1v) is 9.16. The van der Waals surface area contributed by atoms with Gasteiger partial charge in [0.15, 0.2) is 11.5 Å². The third kappa shape index (κ3) is 6.21. The number of hydrogen-bond acceptors (Lipinski definition) is 6. The highest BCUT2D eigenvalue weighted by Gasteiger charge is 2.42. The molecule has 1 aromatic rings. The molecule has 0 bridgehead atoms. The number of aromatic hydroxyl groups is 2. The number of hydrogen-bond donors (Lipinski definition) is 6. The van der Waals surface area contributed by atoms with Crippen molar-refractivity contribution in [2.45, 2.75) is 52.0 Å². The molecule has 1 amide bonds. The number of carboxylic acids is 2. The predicted octanol–water partition coefficient (Wildman–Crippen LogP) is 1.94. The first kappa shape index (κ1) is 24.0. The van der Waals surface area contributed by atoms with Gasteiger partial charge in [-0.05, 0) is 50.8 Å². The minimum absolute atomic E-state index is 0.0436. The number of carbonyl (C=O) groups is 3. The van der Waals surface area contributed by atoms with E-state index in [9.17, 15) is 34.8 Å². The summed E-state index contributed by atoms with van der Waals surface area (Å²) >= 11 is 0. The van der Waals surface area contributed by atoms with E-state index in [2.05, 4.69) is 10.9 Å². The van der Waals surface area contributed by atoms with Gasteiger partial charge in [0.2, 0.25) is 0 Å². The summed E-state index contributed by atoms with van der Waals surface area (Å²) in [7, 11) is 0.